The molecule has 0 aliphatic heterocycles. The van der Waals surface area contributed by atoms with E-state index in [2.05, 4.69) is 25.8 Å². The molecule has 6 rings (SSSR count). The van der Waals surface area contributed by atoms with Gasteiger partial charge in [-0.15, -0.1) is 0 Å². The van der Waals surface area contributed by atoms with Crippen LogP contribution in [0.5, 0.6) is 0 Å². The van der Waals surface area contributed by atoms with Crippen molar-refractivity contribution < 1.29 is 14.4 Å². The molecule has 0 aliphatic carbocycles. The maximum Gasteiger partial charge on any atom is 0.276 e. The monoisotopic (exact) mass is 649 g/mol. The van der Waals surface area contributed by atoms with E-state index in [-0.39, 0.29) is 11.8 Å². The van der Waals surface area contributed by atoms with Gasteiger partial charge in [0.1, 0.15) is 5.69 Å². The zero-order chi connectivity index (χ0) is 34.1. The van der Waals surface area contributed by atoms with Gasteiger partial charge in [0, 0.05) is 38.4 Å². The Morgan fingerprint density at radius 2 is 1.56 bits per heavy atom. The number of nitrogens with two attached hydrogens (primary N) is 1. The maximum absolute atomic E-state index is 13.4. The predicted octanol–water partition coefficient (Wildman–Crippen LogP) is 4.60. The van der Waals surface area contributed by atoms with Crippen LogP contribution in [0.4, 0.5) is 11.9 Å². The van der Waals surface area contributed by atoms with Gasteiger partial charge in [0.2, 0.25) is 17.8 Å². The van der Waals surface area contributed by atoms with E-state index in [0.717, 1.165) is 39.9 Å². The van der Waals surface area contributed by atoms with E-state index in [9.17, 15) is 14.4 Å². The van der Waals surface area contributed by atoms with Crippen LogP contribution in [0.15, 0.2) is 48.7 Å². The van der Waals surface area contributed by atoms with Gasteiger partial charge in [0.05, 0.1) is 39.0 Å². The van der Waals surface area contributed by atoms with Crippen molar-refractivity contribution >= 4 is 51.7 Å². The predicted molar refractivity (Wildman–Crippen MR) is 183 cm³/mol. The lowest BCUT2D eigenvalue weighted by molar-refractivity contribution is 0.0995. The van der Waals surface area contributed by atoms with Crippen LogP contribution >= 0.6 is 0 Å². The van der Waals surface area contributed by atoms with Crippen molar-refractivity contribution in [3.63, 3.8) is 0 Å². The van der Waals surface area contributed by atoms with Crippen molar-refractivity contribution in [3.05, 3.63) is 82.4 Å². The largest absolute Gasteiger partial charge is 0.366 e. The molecule has 4 aromatic heterocycles. The normalized spacial score (nSPS) is 11.4. The van der Waals surface area contributed by atoms with Crippen LogP contribution in [0.2, 0.25) is 0 Å². The number of primary amides is 1. The fraction of sp³-hybridized carbons (Fsp3) is 0.324. The lowest BCUT2D eigenvalue weighted by Crippen LogP contribution is -2.20. The first-order valence-electron chi connectivity index (χ1n) is 16.0. The molecule has 4 heterocycles. The number of imidazole rings is 2. The molecule has 14 heteroatoms. The number of hydrogen-bond acceptors (Lipinski definition) is 7. The summed E-state index contributed by atoms with van der Waals surface area (Å²) in [6, 6.07) is 12.7. The van der Waals surface area contributed by atoms with E-state index in [1.54, 1.807) is 46.9 Å². The molecule has 0 atom stereocenters. The molecule has 48 heavy (non-hydrogen) atoms. The Labute approximate surface area is 276 Å². The molecule has 6 aromatic rings. The topological polar surface area (TPSA) is 173 Å². The minimum absolute atomic E-state index is 0.255. The van der Waals surface area contributed by atoms with Gasteiger partial charge >= 0.3 is 0 Å². The second kappa shape index (κ2) is 13.1. The van der Waals surface area contributed by atoms with Crippen LogP contribution in [0.25, 0.3) is 22.1 Å². The van der Waals surface area contributed by atoms with E-state index in [4.69, 9.17) is 10.7 Å². The lowest BCUT2D eigenvalue weighted by atomic mass is 10.2. The summed E-state index contributed by atoms with van der Waals surface area (Å²) >= 11 is 0. The quantitative estimate of drug-likeness (QED) is 0.163. The van der Waals surface area contributed by atoms with Gasteiger partial charge in [-0.05, 0) is 75.9 Å². The Balaban J connectivity index is 1.25. The smallest absolute Gasteiger partial charge is 0.276 e. The summed E-state index contributed by atoms with van der Waals surface area (Å²) in [5.41, 5.74) is 12.4. The van der Waals surface area contributed by atoms with Crippen molar-refractivity contribution in [2.24, 2.45) is 12.8 Å². The molecular formula is C34H39N11O3. The number of aromatic nitrogens is 8. The van der Waals surface area contributed by atoms with Crippen molar-refractivity contribution in [1.82, 2.24) is 38.7 Å². The highest BCUT2D eigenvalue weighted by atomic mass is 16.2. The molecule has 4 N–H and O–H groups in total. The molecule has 0 saturated heterocycles. The van der Waals surface area contributed by atoms with Gasteiger partial charge in [-0.25, -0.2) is 9.97 Å². The number of para-hydroxylation sites is 1. The van der Waals surface area contributed by atoms with Crippen molar-refractivity contribution in [2.45, 2.75) is 66.6 Å². The number of carbonyl (C=O) groups excluding carboxylic acids is 3. The highest BCUT2D eigenvalue weighted by Crippen LogP contribution is 2.26. The second-order valence-corrected chi connectivity index (χ2v) is 11.8. The van der Waals surface area contributed by atoms with Crippen LogP contribution in [-0.4, -0.2) is 56.4 Å². The van der Waals surface area contributed by atoms with Gasteiger partial charge in [0.25, 0.3) is 11.8 Å². The molecule has 0 saturated carbocycles. The summed E-state index contributed by atoms with van der Waals surface area (Å²) < 4.78 is 7.28. The summed E-state index contributed by atoms with van der Waals surface area (Å²) in [4.78, 5) is 48.1. The molecule has 0 spiro atoms. The maximum atomic E-state index is 13.4. The Hall–Kier alpha value is -5.79. The SMILES string of the molecule is CCc1nn(C)cc1C(=O)Nc1nc2cccc(C)c2n1CCCCn1c(NC(=O)c2cc(C)nn2CC)nc2cc(C(N)=O)ccc21. The van der Waals surface area contributed by atoms with Crippen LogP contribution in [0, 0.1) is 13.8 Å². The highest BCUT2D eigenvalue weighted by Gasteiger charge is 2.21. The van der Waals surface area contributed by atoms with Gasteiger partial charge in [0.15, 0.2) is 0 Å². The number of benzene rings is 2. The highest BCUT2D eigenvalue weighted by molar-refractivity contribution is 6.05. The Bertz CT molecular complexity index is 2180. The molecule has 0 unspecified atom stereocenters. The third-order valence-electron chi connectivity index (χ3n) is 8.38. The fourth-order valence-corrected chi connectivity index (χ4v) is 6.11. The van der Waals surface area contributed by atoms with Crippen LogP contribution in [-0.2, 0) is 33.1 Å². The van der Waals surface area contributed by atoms with Gasteiger partial charge in [-0.1, -0.05) is 19.1 Å². The van der Waals surface area contributed by atoms with Crippen molar-refractivity contribution in [2.75, 3.05) is 10.6 Å². The molecular weight excluding hydrogens is 610 g/mol. The Morgan fingerprint density at radius 3 is 2.29 bits per heavy atom. The Morgan fingerprint density at radius 1 is 0.854 bits per heavy atom. The van der Waals surface area contributed by atoms with Crippen LogP contribution in [0.1, 0.15) is 74.8 Å². The van der Waals surface area contributed by atoms with Crippen molar-refractivity contribution in [3.8, 4) is 0 Å². The average molecular weight is 650 g/mol. The summed E-state index contributed by atoms with van der Waals surface area (Å²) in [5.74, 6) is -0.310. The first kappa shape index (κ1) is 32.2. The molecule has 14 nitrogen and oxygen atoms in total. The van der Waals surface area contributed by atoms with E-state index in [1.165, 1.54) is 0 Å². The van der Waals surface area contributed by atoms with Crippen LogP contribution in [0.3, 0.4) is 0 Å². The number of hydrogen-bond donors (Lipinski definition) is 3. The lowest BCUT2D eigenvalue weighted by Gasteiger charge is -2.13. The molecule has 0 radical (unpaired) electrons. The molecule has 0 bridgehead atoms. The van der Waals surface area contributed by atoms with Crippen LogP contribution < -0.4 is 16.4 Å². The number of carbonyl (C=O) groups is 3. The van der Waals surface area contributed by atoms with Crippen molar-refractivity contribution in [1.29, 1.82) is 0 Å². The summed E-state index contributed by atoms with van der Waals surface area (Å²) in [6.45, 7) is 9.41. The number of rotatable bonds is 12. The minimum Gasteiger partial charge on any atom is -0.366 e. The summed E-state index contributed by atoms with van der Waals surface area (Å²) in [6.07, 6.45) is 3.79. The number of amides is 3. The van der Waals surface area contributed by atoms with E-state index >= 15 is 0 Å². The summed E-state index contributed by atoms with van der Waals surface area (Å²) in [5, 5.41) is 14.8. The van der Waals surface area contributed by atoms with E-state index < -0.39 is 5.91 Å². The molecule has 2 aromatic carbocycles. The van der Waals surface area contributed by atoms with Gasteiger partial charge in [-0.3, -0.25) is 34.4 Å². The third kappa shape index (κ3) is 6.16. The first-order chi connectivity index (χ1) is 23.1. The first-order valence-corrected chi connectivity index (χ1v) is 16.0. The third-order valence-corrected chi connectivity index (χ3v) is 8.38. The second-order valence-electron chi connectivity index (χ2n) is 11.8. The van der Waals surface area contributed by atoms with Gasteiger partial charge < -0.3 is 14.9 Å². The average Bonchev–Trinajstić information content (AvgIpc) is 3.81. The number of nitrogens with zero attached hydrogens (tertiary/aromatic N) is 8. The fourth-order valence-electron chi connectivity index (χ4n) is 6.11. The van der Waals surface area contributed by atoms with Gasteiger partial charge in [-0.2, -0.15) is 10.2 Å². The summed E-state index contributed by atoms with van der Waals surface area (Å²) in [7, 11) is 1.80. The number of anilines is 2. The number of fused-ring (bicyclic) bond motifs is 2. The van der Waals surface area contributed by atoms with E-state index in [1.807, 2.05) is 55.0 Å². The standard InChI is InChI=1S/C34H39N11O3/c1-6-24-23(19-42(5)41-24)31(47)38-34-36-25-12-10-11-20(3)29(25)44(34)16-9-8-15-43-27-14-13-22(30(35)46)18-26(27)37-33(43)39-32(48)28-17-21(4)40-45(28)7-2/h10-14,17-19H,6-9,15-16H2,1-5H3,(H2,35,46)(H,36,38,47)(H,37,39,48). The molecule has 3 amide bonds. The molecule has 248 valence electrons. The number of aryl methyl sites for hydroxylation is 7. The zero-order valence-corrected chi connectivity index (χ0v) is 27.7. The number of unbranched alkanes of at least 4 members (excludes halogenated alkanes) is 1. The zero-order valence-electron chi connectivity index (χ0n) is 27.7. The number of nitrogens with one attached hydrogen (secondary N) is 2. The molecule has 0 aliphatic rings. The Kier molecular flexibility index (Phi) is 8.80. The van der Waals surface area contributed by atoms with E-state index in [0.29, 0.717) is 66.7 Å². The molecule has 0 fully saturated rings. The minimum atomic E-state index is -0.556.